The van der Waals surface area contributed by atoms with Crippen molar-refractivity contribution in [3.63, 3.8) is 0 Å². The van der Waals surface area contributed by atoms with Crippen LogP contribution in [0.25, 0.3) is 0 Å². The zero-order valence-electron chi connectivity index (χ0n) is 11.2. The highest BCUT2D eigenvalue weighted by molar-refractivity contribution is 5.89. The van der Waals surface area contributed by atoms with E-state index in [4.69, 9.17) is 20.4 Å². The topological polar surface area (TPSA) is 97.4 Å². The van der Waals surface area contributed by atoms with Gasteiger partial charge in [0, 0.05) is 6.54 Å². The van der Waals surface area contributed by atoms with Crippen LogP contribution in [0, 0.1) is 0 Å². The van der Waals surface area contributed by atoms with E-state index in [-0.39, 0.29) is 24.9 Å². The fourth-order valence-corrected chi connectivity index (χ4v) is 1.92. The van der Waals surface area contributed by atoms with Crippen molar-refractivity contribution in [2.45, 2.75) is 13.0 Å². The lowest BCUT2D eigenvalue weighted by Crippen LogP contribution is -2.48. The number of nitrogens with zero attached hydrogens (tertiary/aromatic N) is 2. The molecule has 1 amide bonds. The van der Waals surface area contributed by atoms with Gasteiger partial charge in [-0.25, -0.2) is 0 Å². The van der Waals surface area contributed by atoms with Crippen LogP contribution in [0.4, 0.5) is 0 Å². The number of likely N-dealkylation sites (N-methyl/N-ethyl adjacent to an activating group) is 1. The Morgan fingerprint density at radius 2 is 2.20 bits per heavy atom. The molecule has 1 heterocycles. The summed E-state index contributed by atoms with van der Waals surface area (Å²) in [5.41, 5.74) is 5.43. The molecule has 0 bridgehead atoms. The van der Waals surface area contributed by atoms with E-state index in [1.54, 1.807) is 19.1 Å². The molecule has 0 spiro atoms. The maximum Gasteiger partial charge on any atom is 0.267 e. The molecule has 1 unspecified atom stereocenters. The third-order valence-electron chi connectivity index (χ3n) is 2.96. The molecule has 20 heavy (non-hydrogen) atoms. The summed E-state index contributed by atoms with van der Waals surface area (Å²) in [6.45, 7) is 2.42. The second-order valence-electron chi connectivity index (χ2n) is 4.31. The lowest BCUT2D eigenvalue weighted by atomic mass is 10.2. The van der Waals surface area contributed by atoms with Gasteiger partial charge in [-0.15, -0.1) is 0 Å². The van der Waals surface area contributed by atoms with Gasteiger partial charge in [0.2, 0.25) is 6.10 Å². The number of carbonyl (C=O) groups is 1. The largest absolute Gasteiger partial charge is 0.485 e. The van der Waals surface area contributed by atoms with E-state index in [1.807, 2.05) is 12.1 Å². The first-order valence-electron chi connectivity index (χ1n) is 6.29. The number of hydrogen-bond donors (Lipinski definition) is 2. The Morgan fingerprint density at radius 1 is 1.50 bits per heavy atom. The number of amides is 1. The Morgan fingerprint density at radius 3 is 2.85 bits per heavy atom. The highest BCUT2D eigenvalue weighted by Gasteiger charge is 2.30. The molecular weight excluding hydrogens is 262 g/mol. The predicted octanol–water partition coefficient (Wildman–Crippen LogP) is 0.421. The molecule has 1 aliphatic heterocycles. The van der Waals surface area contributed by atoms with Gasteiger partial charge in [-0.1, -0.05) is 17.3 Å². The summed E-state index contributed by atoms with van der Waals surface area (Å²) in [5.74, 6) is 0.874. The summed E-state index contributed by atoms with van der Waals surface area (Å²) < 4.78 is 11.1. The van der Waals surface area contributed by atoms with Crippen molar-refractivity contribution in [2.24, 2.45) is 10.9 Å². The monoisotopic (exact) mass is 279 g/mol. The highest BCUT2D eigenvalue weighted by Crippen LogP contribution is 2.31. The summed E-state index contributed by atoms with van der Waals surface area (Å²) in [6.07, 6.45) is -0.726. The number of nitrogens with two attached hydrogens (primary N) is 1. The molecule has 1 aromatic carbocycles. The van der Waals surface area contributed by atoms with Crippen molar-refractivity contribution in [1.29, 1.82) is 0 Å². The zero-order chi connectivity index (χ0) is 14.5. The Bertz CT molecular complexity index is 518. The third-order valence-corrected chi connectivity index (χ3v) is 2.96. The minimum Gasteiger partial charge on any atom is -0.485 e. The second-order valence-corrected chi connectivity index (χ2v) is 4.31. The lowest BCUT2D eigenvalue weighted by Gasteiger charge is -2.29. The summed E-state index contributed by atoms with van der Waals surface area (Å²) in [4.78, 5) is 13.8. The van der Waals surface area contributed by atoms with Crippen LogP contribution in [0.5, 0.6) is 11.5 Å². The maximum absolute atomic E-state index is 12.3. The minimum atomic E-state index is -0.726. The SMILES string of the molecule is CCN(CC(N)=NO)C(=O)C1COc2ccccc2O1. The van der Waals surface area contributed by atoms with Gasteiger partial charge in [0.1, 0.15) is 6.61 Å². The number of oxime groups is 1. The number of amidine groups is 1. The first-order chi connectivity index (χ1) is 9.65. The molecular formula is C13H17N3O4. The summed E-state index contributed by atoms with van der Waals surface area (Å²) in [6, 6.07) is 7.17. The molecule has 2 rings (SSSR count). The fourth-order valence-electron chi connectivity index (χ4n) is 1.92. The molecule has 0 saturated carbocycles. The Labute approximate surface area is 116 Å². The van der Waals surface area contributed by atoms with E-state index in [9.17, 15) is 4.79 Å². The van der Waals surface area contributed by atoms with Gasteiger partial charge in [-0.2, -0.15) is 0 Å². The van der Waals surface area contributed by atoms with Crippen molar-refractivity contribution in [3.8, 4) is 11.5 Å². The molecule has 3 N–H and O–H groups in total. The number of carbonyl (C=O) groups excluding carboxylic acids is 1. The number of para-hydroxylation sites is 2. The average molecular weight is 279 g/mol. The molecule has 7 heteroatoms. The zero-order valence-corrected chi connectivity index (χ0v) is 11.2. The molecule has 1 aliphatic rings. The molecule has 1 aromatic rings. The van der Waals surface area contributed by atoms with Crippen LogP contribution in [0.3, 0.4) is 0 Å². The molecule has 108 valence electrons. The van der Waals surface area contributed by atoms with Crippen LogP contribution in [-0.2, 0) is 4.79 Å². The van der Waals surface area contributed by atoms with Crippen LogP contribution < -0.4 is 15.2 Å². The van der Waals surface area contributed by atoms with E-state index in [1.165, 1.54) is 4.90 Å². The first-order valence-corrected chi connectivity index (χ1v) is 6.29. The molecule has 7 nitrogen and oxygen atoms in total. The molecule has 1 atom stereocenters. The standard InChI is InChI=1S/C13H17N3O4/c1-2-16(7-12(14)15-18)13(17)11-8-19-9-5-3-4-6-10(9)20-11/h3-6,11,18H,2,7-8H2,1H3,(H2,14,15). The van der Waals surface area contributed by atoms with Crippen molar-refractivity contribution in [1.82, 2.24) is 4.90 Å². The number of benzene rings is 1. The van der Waals surface area contributed by atoms with Crippen LogP contribution in [0.2, 0.25) is 0 Å². The van der Waals surface area contributed by atoms with Crippen molar-refractivity contribution in [3.05, 3.63) is 24.3 Å². The van der Waals surface area contributed by atoms with Crippen molar-refractivity contribution < 1.29 is 19.5 Å². The fraction of sp³-hybridized carbons (Fsp3) is 0.385. The van der Waals surface area contributed by atoms with Crippen LogP contribution in [-0.4, -0.2) is 47.7 Å². The second kappa shape index (κ2) is 6.14. The number of fused-ring (bicyclic) bond motifs is 1. The van der Waals surface area contributed by atoms with E-state index < -0.39 is 6.10 Å². The van der Waals surface area contributed by atoms with E-state index in [2.05, 4.69) is 5.16 Å². The van der Waals surface area contributed by atoms with Gasteiger partial charge in [-0.3, -0.25) is 4.79 Å². The van der Waals surface area contributed by atoms with E-state index >= 15 is 0 Å². The minimum absolute atomic E-state index is 0.0303. The Kier molecular flexibility index (Phi) is 4.29. The van der Waals surface area contributed by atoms with Crippen LogP contribution >= 0.6 is 0 Å². The molecule has 0 fully saturated rings. The third kappa shape index (κ3) is 2.93. The first kappa shape index (κ1) is 14.0. The van der Waals surface area contributed by atoms with Gasteiger partial charge < -0.3 is 25.3 Å². The van der Waals surface area contributed by atoms with Gasteiger partial charge in [0.25, 0.3) is 5.91 Å². The summed E-state index contributed by atoms with van der Waals surface area (Å²) in [5, 5.41) is 11.4. The molecule has 0 saturated heterocycles. The van der Waals surface area contributed by atoms with Gasteiger partial charge in [0.15, 0.2) is 17.3 Å². The van der Waals surface area contributed by atoms with Crippen molar-refractivity contribution >= 4 is 11.7 Å². The van der Waals surface area contributed by atoms with E-state index in [0.29, 0.717) is 18.0 Å². The number of hydrogen-bond acceptors (Lipinski definition) is 5. The molecule has 0 aliphatic carbocycles. The number of ether oxygens (including phenoxy) is 2. The van der Waals surface area contributed by atoms with Gasteiger partial charge >= 0.3 is 0 Å². The average Bonchev–Trinajstić information content (AvgIpc) is 2.51. The van der Waals surface area contributed by atoms with Crippen LogP contribution in [0.15, 0.2) is 29.4 Å². The number of rotatable bonds is 4. The Balaban J connectivity index is 2.06. The maximum atomic E-state index is 12.3. The van der Waals surface area contributed by atoms with E-state index in [0.717, 1.165) is 0 Å². The van der Waals surface area contributed by atoms with Gasteiger partial charge in [0.05, 0.1) is 6.54 Å². The lowest BCUT2D eigenvalue weighted by molar-refractivity contribution is -0.140. The van der Waals surface area contributed by atoms with Gasteiger partial charge in [-0.05, 0) is 19.1 Å². The van der Waals surface area contributed by atoms with Crippen molar-refractivity contribution in [2.75, 3.05) is 19.7 Å². The predicted molar refractivity (Wildman–Crippen MR) is 72.0 cm³/mol. The summed E-state index contributed by atoms with van der Waals surface area (Å²) >= 11 is 0. The normalized spacial score (nSPS) is 17.6. The molecule has 0 radical (unpaired) electrons. The van der Waals surface area contributed by atoms with Crippen LogP contribution in [0.1, 0.15) is 6.92 Å². The Hall–Kier alpha value is -2.44. The molecule has 0 aromatic heterocycles. The highest BCUT2D eigenvalue weighted by atomic mass is 16.6. The quantitative estimate of drug-likeness (QED) is 0.360. The summed E-state index contributed by atoms with van der Waals surface area (Å²) in [7, 11) is 0. The smallest absolute Gasteiger partial charge is 0.267 e.